The maximum absolute atomic E-state index is 15.4. The first-order valence-corrected chi connectivity index (χ1v) is 12.2. The monoisotopic (exact) mass is 511 g/mol. The lowest BCUT2D eigenvalue weighted by atomic mass is 9.75. The van der Waals surface area contributed by atoms with Crippen LogP contribution in [-0.4, -0.2) is 28.3 Å². The fourth-order valence-corrected chi connectivity index (χ4v) is 5.17. The highest BCUT2D eigenvalue weighted by Crippen LogP contribution is 2.51. The van der Waals surface area contributed by atoms with E-state index in [1.807, 2.05) is 0 Å². The molecule has 1 saturated carbocycles. The van der Waals surface area contributed by atoms with Gasteiger partial charge in [0.05, 0.1) is 25.8 Å². The first-order valence-electron chi connectivity index (χ1n) is 12.2. The number of rotatable bonds is 9. The average molecular weight is 512 g/mol. The molecule has 1 aliphatic carbocycles. The van der Waals surface area contributed by atoms with E-state index in [9.17, 15) is 14.3 Å². The van der Waals surface area contributed by atoms with Gasteiger partial charge in [-0.25, -0.2) is 13.8 Å². The number of nitrogens with zero attached hydrogens (tertiary/aromatic N) is 1. The summed E-state index contributed by atoms with van der Waals surface area (Å²) in [5.74, 6) is -1.50. The third-order valence-corrected chi connectivity index (χ3v) is 7.19. The highest BCUT2D eigenvalue weighted by molar-refractivity contribution is 5.70. The zero-order valence-corrected chi connectivity index (χ0v) is 21.1. The van der Waals surface area contributed by atoms with Gasteiger partial charge in [0.2, 0.25) is 5.88 Å². The van der Waals surface area contributed by atoms with Gasteiger partial charge in [-0.3, -0.25) is 4.79 Å². The van der Waals surface area contributed by atoms with Crippen molar-refractivity contribution in [3.8, 4) is 22.8 Å². The Morgan fingerprint density at radius 3 is 2.62 bits per heavy atom. The standard InChI is InChI=1S/C29H31F2NO5/c1-29(2)9-5-8-23(29)21-11-18(16-37-19-7-4-6-17(10-19)26(33)14-28(34)35)24(30)12-20(21)22-13-27(36-3)32-15-25(22)31/h4,6-7,10-13,15,23,26,33H,5,8-9,14,16H2,1-3H3,(H,34,35)/t23-,26+/m0/s1. The third kappa shape index (κ3) is 5.91. The van der Waals surface area contributed by atoms with Crippen molar-refractivity contribution < 1.29 is 33.3 Å². The normalized spacial score (nSPS) is 17.4. The Labute approximate surface area is 214 Å². The van der Waals surface area contributed by atoms with Crippen molar-refractivity contribution >= 4 is 5.97 Å². The molecule has 0 amide bonds. The Balaban J connectivity index is 1.69. The van der Waals surface area contributed by atoms with Crippen molar-refractivity contribution in [2.24, 2.45) is 5.41 Å². The Morgan fingerprint density at radius 2 is 1.95 bits per heavy atom. The lowest BCUT2D eigenvalue weighted by Crippen LogP contribution is -2.17. The molecule has 0 unspecified atom stereocenters. The second kappa shape index (κ2) is 10.8. The minimum absolute atomic E-state index is 0.0487. The molecule has 37 heavy (non-hydrogen) atoms. The number of carboxylic acids is 1. The Kier molecular flexibility index (Phi) is 7.78. The van der Waals surface area contributed by atoms with E-state index in [4.69, 9.17) is 14.6 Å². The van der Waals surface area contributed by atoms with Gasteiger partial charge in [0.25, 0.3) is 0 Å². The summed E-state index contributed by atoms with van der Waals surface area (Å²) in [6.07, 6.45) is 2.40. The largest absolute Gasteiger partial charge is 0.489 e. The molecule has 6 nitrogen and oxygen atoms in total. The Hall–Kier alpha value is -3.52. The molecule has 0 aliphatic heterocycles. The van der Waals surface area contributed by atoms with Gasteiger partial charge in [0.1, 0.15) is 24.0 Å². The lowest BCUT2D eigenvalue weighted by molar-refractivity contribution is -0.139. The molecule has 2 N–H and O–H groups in total. The molecule has 1 heterocycles. The molecule has 2 aromatic carbocycles. The number of carboxylic acid groups (broad SMARTS) is 1. The lowest BCUT2D eigenvalue weighted by Gasteiger charge is -2.30. The number of aliphatic carboxylic acids is 1. The highest BCUT2D eigenvalue weighted by atomic mass is 19.1. The van der Waals surface area contributed by atoms with Crippen LogP contribution in [0.1, 0.15) is 68.2 Å². The van der Waals surface area contributed by atoms with Crippen molar-refractivity contribution in [3.63, 3.8) is 0 Å². The highest BCUT2D eigenvalue weighted by Gasteiger charge is 2.37. The molecule has 8 heteroatoms. The summed E-state index contributed by atoms with van der Waals surface area (Å²) in [5.41, 5.74) is 2.22. The summed E-state index contributed by atoms with van der Waals surface area (Å²) in [4.78, 5) is 14.8. The predicted octanol–water partition coefficient (Wildman–Crippen LogP) is 6.42. The summed E-state index contributed by atoms with van der Waals surface area (Å²) in [6, 6.07) is 11.0. The summed E-state index contributed by atoms with van der Waals surface area (Å²) in [5, 5.41) is 19.0. The van der Waals surface area contributed by atoms with E-state index in [0.29, 0.717) is 22.4 Å². The molecular weight excluding hydrogens is 480 g/mol. The summed E-state index contributed by atoms with van der Waals surface area (Å²) < 4.78 is 41.3. The molecule has 0 radical (unpaired) electrons. The molecule has 1 aromatic heterocycles. The number of benzene rings is 2. The van der Waals surface area contributed by atoms with E-state index in [2.05, 4.69) is 18.8 Å². The molecule has 0 saturated heterocycles. The van der Waals surface area contributed by atoms with Crippen molar-refractivity contribution in [2.45, 2.75) is 58.2 Å². The number of pyridine rings is 1. The van der Waals surface area contributed by atoms with E-state index >= 15 is 4.39 Å². The minimum Gasteiger partial charge on any atom is -0.489 e. The van der Waals surface area contributed by atoms with E-state index < -0.39 is 30.1 Å². The van der Waals surface area contributed by atoms with Crippen molar-refractivity contribution in [1.29, 1.82) is 0 Å². The number of carbonyl (C=O) groups is 1. The first-order chi connectivity index (χ1) is 17.6. The number of aliphatic hydroxyl groups is 1. The zero-order valence-electron chi connectivity index (χ0n) is 21.1. The van der Waals surface area contributed by atoms with Crippen LogP contribution < -0.4 is 9.47 Å². The van der Waals surface area contributed by atoms with Gasteiger partial charge < -0.3 is 19.7 Å². The van der Waals surface area contributed by atoms with Crippen LogP contribution in [0.5, 0.6) is 11.6 Å². The van der Waals surface area contributed by atoms with Gasteiger partial charge in [-0.1, -0.05) is 32.4 Å². The van der Waals surface area contributed by atoms with Gasteiger partial charge in [0.15, 0.2) is 0 Å². The van der Waals surface area contributed by atoms with Crippen molar-refractivity contribution in [2.75, 3.05) is 7.11 Å². The SMILES string of the molecule is COc1cc(-c2cc(F)c(COc3cccc([C@H](O)CC(=O)O)c3)cc2[C@@H]2CCCC2(C)C)c(F)cn1. The predicted molar refractivity (Wildman–Crippen MR) is 135 cm³/mol. The number of hydrogen-bond acceptors (Lipinski definition) is 5. The topological polar surface area (TPSA) is 88.9 Å². The Bertz CT molecular complexity index is 1290. The summed E-state index contributed by atoms with van der Waals surface area (Å²) >= 11 is 0. The molecule has 0 spiro atoms. The smallest absolute Gasteiger partial charge is 0.306 e. The molecule has 196 valence electrons. The number of ether oxygens (including phenoxy) is 2. The second-order valence-electron chi connectivity index (χ2n) is 10.1. The van der Waals surface area contributed by atoms with E-state index in [-0.39, 0.29) is 29.4 Å². The van der Waals surface area contributed by atoms with Crippen LogP contribution in [0.15, 0.2) is 48.7 Å². The molecule has 1 fully saturated rings. The van der Waals surface area contributed by atoms with Gasteiger partial charge >= 0.3 is 5.97 Å². The van der Waals surface area contributed by atoms with Crippen molar-refractivity contribution in [1.82, 2.24) is 4.98 Å². The van der Waals surface area contributed by atoms with Crippen LogP contribution in [0.2, 0.25) is 0 Å². The van der Waals surface area contributed by atoms with Crippen LogP contribution in [0.25, 0.3) is 11.1 Å². The van der Waals surface area contributed by atoms with Crippen LogP contribution >= 0.6 is 0 Å². The Morgan fingerprint density at radius 1 is 1.16 bits per heavy atom. The zero-order chi connectivity index (χ0) is 26.7. The summed E-state index contributed by atoms with van der Waals surface area (Å²) in [7, 11) is 1.45. The van der Waals surface area contributed by atoms with E-state index in [1.54, 1.807) is 30.3 Å². The number of aliphatic hydroxyl groups excluding tert-OH is 1. The second-order valence-corrected chi connectivity index (χ2v) is 10.1. The van der Waals surface area contributed by atoms with Crippen molar-refractivity contribution in [3.05, 3.63) is 77.0 Å². The van der Waals surface area contributed by atoms with Gasteiger partial charge in [-0.15, -0.1) is 0 Å². The van der Waals surface area contributed by atoms with Crippen LogP contribution in [0.4, 0.5) is 8.78 Å². The molecule has 2 atom stereocenters. The molecule has 1 aliphatic rings. The molecule has 0 bridgehead atoms. The fraction of sp³-hybridized carbons (Fsp3) is 0.379. The minimum atomic E-state index is -1.18. The maximum Gasteiger partial charge on any atom is 0.306 e. The van der Waals surface area contributed by atoms with Crippen LogP contribution in [0.3, 0.4) is 0 Å². The molecule has 4 rings (SSSR count). The number of hydrogen-bond donors (Lipinski definition) is 2. The van der Waals surface area contributed by atoms with Gasteiger partial charge in [-0.05, 0) is 65.1 Å². The number of halogens is 2. The summed E-state index contributed by atoms with van der Waals surface area (Å²) in [6.45, 7) is 4.25. The molecule has 3 aromatic rings. The van der Waals surface area contributed by atoms with E-state index in [1.165, 1.54) is 19.2 Å². The first kappa shape index (κ1) is 26.5. The van der Waals surface area contributed by atoms with E-state index in [0.717, 1.165) is 31.0 Å². The van der Waals surface area contributed by atoms with Crippen LogP contribution in [-0.2, 0) is 11.4 Å². The fourth-order valence-electron chi connectivity index (χ4n) is 5.17. The van der Waals surface area contributed by atoms with Crippen LogP contribution in [0, 0.1) is 17.0 Å². The average Bonchev–Trinajstić information content (AvgIpc) is 3.22. The number of methoxy groups -OCH3 is 1. The van der Waals surface area contributed by atoms with Gasteiger partial charge in [0, 0.05) is 17.2 Å². The van der Waals surface area contributed by atoms with Gasteiger partial charge in [-0.2, -0.15) is 0 Å². The quantitative estimate of drug-likeness (QED) is 0.345. The third-order valence-electron chi connectivity index (χ3n) is 7.19. The maximum atomic E-state index is 15.4. The molecular formula is C29H31F2NO5. The number of aromatic nitrogens is 1.